The van der Waals surface area contributed by atoms with Gasteiger partial charge in [0.2, 0.25) is 11.8 Å². The molecule has 3 N–H and O–H groups in total. The van der Waals surface area contributed by atoms with Crippen molar-refractivity contribution in [3.63, 3.8) is 0 Å². The normalized spacial score (nSPS) is 16.3. The minimum absolute atomic E-state index is 0.113. The Kier molecular flexibility index (Phi) is 8.04. The van der Waals surface area contributed by atoms with Crippen molar-refractivity contribution in [2.75, 3.05) is 0 Å². The summed E-state index contributed by atoms with van der Waals surface area (Å²) in [6, 6.07) is 6.46. The van der Waals surface area contributed by atoms with Gasteiger partial charge in [-0.15, -0.1) is 0 Å². The maximum absolute atomic E-state index is 12.8. The molecule has 1 aliphatic heterocycles. The summed E-state index contributed by atoms with van der Waals surface area (Å²) < 4.78 is 10.9. The van der Waals surface area contributed by atoms with Gasteiger partial charge in [0.15, 0.2) is 0 Å². The quantitative estimate of drug-likeness (QED) is 0.622. The summed E-state index contributed by atoms with van der Waals surface area (Å²) in [6.45, 7) is 11.0. The number of ether oxygens (including phenoxy) is 2. The molecular weight excluding hydrogens is 420 g/mol. The van der Waals surface area contributed by atoms with Crippen molar-refractivity contribution in [2.45, 2.75) is 71.4 Å². The second-order valence-electron chi connectivity index (χ2n) is 9.47. The SMILES string of the molecule is CC[C@@H](NC(=O)OC(C)(C)C)C(=O)NC1=CCC(C)(C)c2cc(C#N)ccc2OC(=N)C=C1. The number of nitrogens with zero attached hydrogens (tertiary/aromatic N) is 1. The molecule has 1 aliphatic rings. The van der Waals surface area contributed by atoms with Crippen LogP contribution in [-0.4, -0.2) is 29.5 Å². The van der Waals surface area contributed by atoms with Gasteiger partial charge in [-0.2, -0.15) is 5.26 Å². The number of allylic oxidation sites excluding steroid dienone is 2. The molecule has 0 radical (unpaired) electrons. The number of hydrogen-bond donors (Lipinski definition) is 3. The fraction of sp³-hybridized carbons (Fsp3) is 0.440. The summed E-state index contributed by atoms with van der Waals surface area (Å²) in [5.41, 5.74) is 0.657. The van der Waals surface area contributed by atoms with Crippen LogP contribution in [0.3, 0.4) is 0 Å². The molecule has 2 amide bonds. The van der Waals surface area contributed by atoms with Gasteiger partial charge in [0.05, 0.1) is 11.6 Å². The molecule has 1 heterocycles. The van der Waals surface area contributed by atoms with Crippen LogP contribution in [0.25, 0.3) is 0 Å². The lowest BCUT2D eigenvalue weighted by Gasteiger charge is -2.27. The average molecular weight is 453 g/mol. The van der Waals surface area contributed by atoms with E-state index in [1.54, 1.807) is 52.0 Å². The number of amides is 2. The van der Waals surface area contributed by atoms with Crippen LogP contribution in [0.1, 0.15) is 65.5 Å². The van der Waals surface area contributed by atoms with Gasteiger partial charge in [-0.25, -0.2) is 4.79 Å². The van der Waals surface area contributed by atoms with Crippen LogP contribution in [0.5, 0.6) is 5.75 Å². The molecule has 176 valence electrons. The third-order valence-corrected chi connectivity index (χ3v) is 4.99. The van der Waals surface area contributed by atoms with E-state index in [9.17, 15) is 14.9 Å². The topological polar surface area (TPSA) is 124 Å². The molecule has 0 unspecified atom stereocenters. The van der Waals surface area contributed by atoms with Crippen molar-refractivity contribution < 1.29 is 19.1 Å². The van der Waals surface area contributed by atoms with Crippen molar-refractivity contribution in [3.8, 4) is 11.8 Å². The lowest BCUT2D eigenvalue weighted by molar-refractivity contribution is -0.122. The molecule has 0 saturated heterocycles. The minimum atomic E-state index is -0.785. The molecule has 8 heteroatoms. The first-order valence-corrected chi connectivity index (χ1v) is 10.8. The molecule has 0 bridgehead atoms. The number of alkyl carbamates (subject to hydrolysis) is 1. The van der Waals surface area contributed by atoms with Crippen LogP contribution >= 0.6 is 0 Å². The fourth-order valence-electron chi connectivity index (χ4n) is 3.20. The fourth-order valence-corrected chi connectivity index (χ4v) is 3.20. The van der Waals surface area contributed by atoms with E-state index in [0.717, 1.165) is 5.56 Å². The molecular formula is C25H32N4O4. The zero-order chi connectivity index (χ0) is 24.8. The highest BCUT2D eigenvalue weighted by Crippen LogP contribution is 2.36. The zero-order valence-corrected chi connectivity index (χ0v) is 20.0. The molecule has 0 saturated carbocycles. The van der Waals surface area contributed by atoms with Gasteiger partial charge in [-0.05, 0) is 63.3 Å². The maximum atomic E-state index is 12.8. The Hall–Kier alpha value is -3.60. The Balaban J connectivity index is 2.26. The third-order valence-electron chi connectivity index (χ3n) is 4.99. The minimum Gasteiger partial charge on any atom is -0.444 e. The van der Waals surface area contributed by atoms with Crippen LogP contribution in [0.15, 0.2) is 42.1 Å². The van der Waals surface area contributed by atoms with E-state index in [4.69, 9.17) is 14.9 Å². The maximum Gasteiger partial charge on any atom is 0.408 e. The highest BCUT2D eigenvalue weighted by molar-refractivity contribution is 5.89. The first-order chi connectivity index (χ1) is 15.3. The Morgan fingerprint density at radius 2 is 2.00 bits per heavy atom. The Morgan fingerprint density at radius 3 is 2.61 bits per heavy atom. The molecule has 1 atom stereocenters. The number of hydrogen-bond acceptors (Lipinski definition) is 6. The first-order valence-electron chi connectivity index (χ1n) is 10.8. The van der Waals surface area contributed by atoms with Gasteiger partial charge in [-0.1, -0.05) is 26.8 Å². The lowest BCUT2D eigenvalue weighted by atomic mass is 9.80. The van der Waals surface area contributed by atoms with Crippen molar-refractivity contribution >= 4 is 17.9 Å². The summed E-state index contributed by atoms with van der Waals surface area (Å²) in [4.78, 5) is 24.9. The Morgan fingerprint density at radius 1 is 1.30 bits per heavy atom. The smallest absolute Gasteiger partial charge is 0.408 e. The van der Waals surface area contributed by atoms with E-state index in [-0.39, 0.29) is 5.90 Å². The third kappa shape index (κ3) is 7.49. The Bertz CT molecular complexity index is 1030. The molecule has 0 fully saturated rings. The second-order valence-corrected chi connectivity index (χ2v) is 9.47. The molecule has 8 nitrogen and oxygen atoms in total. The van der Waals surface area contributed by atoms with E-state index in [1.165, 1.54) is 6.08 Å². The standard InChI is InChI=1S/C25H32N4O4/c1-7-19(29-23(31)33-24(2,3)4)22(30)28-17-9-11-21(27)32-20-10-8-16(15-26)14-18(20)25(5,6)13-12-17/h8-12,14,19,27H,7,13H2,1-6H3,(H,28,30)(H,29,31)/t19-/m1/s1. The van der Waals surface area contributed by atoms with Crippen LogP contribution in [0.2, 0.25) is 0 Å². The van der Waals surface area contributed by atoms with E-state index < -0.39 is 29.1 Å². The first kappa shape index (κ1) is 25.7. The van der Waals surface area contributed by atoms with Crippen molar-refractivity contribution in [3.05, 3.63) is 53.3 Å². The zero-order valence-electron chi connectivity index (χ0n) is 20.0. The van der Waals surface area contributed by atoms with Crippen molar-refractivity contribution in [1.29, 1.82) is 10.7 Å². The highest BCUT2D eigenvalue weighted by atomic mass is 16.6. The monoisotopic (exact) mass is 452 g/mol. The number of nitriles is 1. The summed E-state index contributed by atoms with van der Waals surface area (Å²) in [7, 11) is 0. The lowest BCUT2D eigenvalue weighted by Crippen LogP contribution is -2.47. The summed E-state index contributed by atoms with van der Waals surface area (Å²) in [5.74, 6) is 0.00797. The largest absolute Gasteiger partial charge is 0.444 e. The summed E-state index contributed by atoms with van der Waals surface area (Å²) in [5, 5.41) is 22.8. The predicted molar refractivity (Wildman–Crippen MR) is 126 cm³/mol. The van der Waals surface area contributed by atoms with Gasteiger partial charge in [0, 0.05) is 17.3 Å². The number of carbonyl (C=O) groups is 2. The van der Waals surface area contributed by atoms with Gasteiger partial charge in [-0.3, -0.25) is 10.2 Å². The average Bonchev–Trinajstić information content (AvgIpc) is 2.72. The molecule has 1 aromatic rings. The predicted octanol–water partition coefficient (Wildman–Crippen LogP) is 4.46. The number of rotatable bonds is 4. The van der Waals surface area contributed by atoms with Gasteiger partial charge < -0.3 is 20.1 Å². The van der Waals surface area contributed by atoms with E-state index in [0.29, 0.717) is 29.9 Å². The molecule has 33 heavy (non-hydrogen) atoms. The highest BCUT2D eigenvalue weighted by Gasteiger charge is 2.27. The summed E-state index contributed by atoms with van der Waals surface area (Å²) >= 11 is 0. The van der Waals surface area contributed by atoms with Gasteiger partial charge >= 0.3 is 6.09 Å². The van der Waals surface area contributed by atoms with E-state index in [1.807, 2.05) is 19.9 Å². The number of nitrogens with one attached hydrogen (secondary N) is 3. The van der Waals surface area contributed by atoms with E-state index >= 15 is 0 Å². The van der Waals surface area contributed by atoms with Gasteiger partial charge in [0.25, 0.3) is 0 Å². The van der Waals surface area contributed by atoms with Gasteiger partial charge in [0.1, 0.15) is 17.4 Å². The summed E-state index contributed by atoms with van der Waals surface area (Å²) in [6.07, 6.45) is 5.12. The van der Waals surface area contributed by atoms with Crippen molar-refractivity contribution in [2.24, 2.45) is 0 Å². The molecule has 2 rings (SSSR count). The molecule has 0 aliphatic carbocycles. The van der Waals surface area contributed by atoms with Crippen molar-refractivity contribution in [1.82, 2.24) is 10.6 Å². The number of fused-ring (bicyclic) bond motifs is 1. The van der Waals surface area contributed by atoms with Crippen LogP contribution in [0.4, 0.5) is 4.79 Å². The second kappa shape index (κ2) is 10.3. The molecule has 1 aromatic carbocycles. The van der Waals surface area contributed by atoms with Crippen LogP contribution in [0, 0.1) is 16.7 Å². The molecule has 0 aromatic heterocycles. The van der Waals surface area contributed by atoms with Crippen LogP contribution in [-0.2, 0) is 14.9 Å². The number of benzene rings is 1. The van der Waals surface area contributed by atoms with Crippen LogP contribution < -0.4 is 15.4 Å². The van der Waals surface area contributed by atoms with E-state index in [2.05, 4.69) is 16.7 Å². The molecule has 0 spiro atoms. The number of carbonyl (C=O) groups excluding carboxylic acids is 2. The Labute approximate surface area is 195 Å².